The number of hydrogen-bond acceptors (Lipinski definition) is 2. The average molecular weight is 315 g/mol. The van der Waals surface area contributed by atoms with E-state index in [2.05, 4.69) is 0 Å². The smallest absolute Gasteiger partial charge is 0.222 e. The van der Waals surface area contributed by atoms with Crippen LogP contribution in [0, 0.1) is 0 Å². The van der Waals surface area contributed by atoms with Crippen molar-refractivity contribution in [2.45, 2.75) is 38.1 Å². The third-order valence-corrected chi connectivity index (χ3v) is 4.55. The standard InChI is InChI=1S/C15H20Cl2N2O/c16-13-7-6-11(9-14(13)17)3-1-5-15(20)19-8-2-4-12(19)10-18/h6-7,9,12H,1-5,8,10,18H2. The fraction of sp³-hybridized carbons (Fsp3) is 0.533. The van der Waals surface area contributed by atoms with Crippen LogP contribution in [0.2, 0.25) is 10.0 Å². The van der Waals surface area contributed by atoms with Crippen LogP contribution in [0.4, 0.5) is 0 Å². The summed E-state index contributed by atoms with van der Waals surface area (Å²) in [5.74, 6) is 0.220. The largest absolute Gasteiger partial charge is 0.338 e. The summed E-state index contributed by atoms with van der Waals surface area (Å²) >= 11 is 11.9. The van der Waals surface area contributed by atoms with Crippen molar-refractivity contribution in [3.8, 4) is 0 Å². The topological polar surface area (TPSA) is 46.3 Å². The van der Waals surface area contributed by atoms with Gasteiger partial charge in [-0.2, -0.15) is 0 Å². The minimum Gasteiger partial charge on any atom is -0.338 e. The first kappa shape index (κ1) is 15.6. The molecule has 1 fully saturated rings. The van der Waals surface area contributed by atoms with Crippen molar-refractivity contribution in [3.63, 3.8) is 0 Å². The third-order valence-electron chi connectivity index (χ3n) is 3.81. The Hall–Kier alpha value is -0.770. The van der Waals surface area contributed by atoms with E-state index in [4.69, 9.17) is 28.9 Å². The van der Waals surface area contributed by atoms with E-state index in [1.54, 1.807) is 6.07 Å². The van der Waals surface area contributed by atoms with Crippen LogP contribution in [0.25, 0.3) is 0 Å². The van der Waals surface area contributed by atoms with Crippen LogP contribution >= 0.6 is 23.2 Å². The number of likely N-dealkylation sites (tertiary alicyclic amines) is 1. The van der Waals surface area contributed by atoms with E-state index in [1.807, 2.05) is 17.0 Å². The molecule has 3 nitrogen and oxygen atoms in total. The van der Waals surface area contributed by atoms with Crippen molar-refractivity contribution in [1.82, 2.24) is 4.90 Å². The number of aryl methyl sites for hydroxylation is 1. The van der Waals surface area contributed by atoms with Crippen LogP contribution in [0.3, 0.4) is 0 Å². The second-order valence-corrected chi connectivity index (χ2v) is 6.04. The summed E-state index contributed by atoms with van der Waals surface area (Å²) in [5.41, 5.74) is 6.81. The number of benzene rings is 1. The first-order chi connectivity index (χ1) is 9.61. The van der Waals surface area contributed by atoms with E-state index in [0.29, 0.717) is 23.0 Å². The van der Waals surface area contributed by atoms with Crippen molar-refractivity contribution in [2.24, 2.45) is 5.73 Å². The molecule has 0 bridgehead atoms. The van der Waals surface area contributed by atoms with Gasteiger partial charge in [0, 0.05) is 25.6 Å². The molecular weight excluding hydrogens is 295 g/mol. The van der Waals surface area contributed by atoms with Crippen LogP contribution in [-0.4, -0.2) is 29.9 Å². The van der Waals surface area contributed by atoms with Crippen LogP contribution in [0.5, 0.6) is 0 Å². The van der Waals surface area contributed by atoms with E-state index < -0.39 is 0 Å². The Morgan fingerprint density at radius 3 is 2.85 bits per heavy atom. The predicted molar refractivity (Wildman–Crippen MR) is 83.2 cm³/mol. The van der Waals surface area contributed by atoms with Crippen LogP contribution in [-0.2, 0) is 11.2 Å². The molecule has 1 unspecified atom stereocenters. The Bertz CT molecular complexity index is 479. The highest BCUT2D eigenvalue weighted by Gasteiger charge is 2.26. The molecule has 1 saturated heterocycles. The first-order valence-electron chi connectivity index (χ1n) is 7.05. The molecule has 1 aromatic rings. The number of carbonyl (C=O) groups excluding carboxylic acids is 1. The zero-order valence-electron chi connectivity index (χ0n) is 11.4. The lowest BCUT2D eigenvalue weighted by Gasteiger charge is -2.23. The molecule has 1 aromatic carbocycles. The number of nitrogens with two attached hydrogens (primary N) is 1. The molecule has 1 aliphatic heterocycles. The number of amides is 1. The maximum Gasteiger partial charge on any atom is 0.222 e. The monoisotopic (exact) mass is 314 g/mol. The van der Waals surface area contributed by atoms with Gasteiger partial charge in [0.05, 0.1) is 10.0 Å². The lowest BCUT2D eigenvalue weighted by atomic mass is 10.1. The molecule has 1 amide bonds. The number of rotatable bonds is 5. The quantitative estimate of drug-likeness (QED) is 0.906. The molecule has 0 aliphatic carbocycles. The van der Waals surface area contributed by atoms with E-state index in [0.717, 1.165) is 37.8 Å². The molecule has 5 heteroatoms. The molecule has 1 heterocycles. The highest BCUT2D eigenvalue weighted by molar-refractivity contribution is 6.42. The van der Waals surface area contributed by atoms with Gasteiger partial charge in [0.25, 0.3) is 0 Å². The molecule has 2 N–H and O–H groups in total. The van der Waals surface area contributed by atoms with Crippen LogP contribution in [0.15, 0.2) is 18.2 Å². The van der Waals surface area contributed by atoms with Gasteiger partial charge < -0.3 is 10.6 Å². The van der Waals surface area contributed by atoms with Gasteiger partial charge in [-0.05, 0) is 43.4 Å². The molecule has 1 atom stereocenters. The first-order valence-corrected chi connectivity index (χ1v) is 7.81. The average Bonchev–Trinajstić information content (AvgIpc) is 2.91. The molecule has 110 valence electrons. The zero-order chi connectivity index (χ0) is 14.5. The summed E-state index contributed by atoms with van der Waals surface area (Å²) in [6.07, 6.45) is 4.33. The molecular formula is C15H20Cl2N2O. The normalized spacial score (nSPS) is 18.6. The molecule has 0 aromatic heterocycles. The van der Waals surface area contributed by atoms with Gasteiger partial charge >= 0.3 is 0 Å². The number of nitrogens with zero attached hydrogens (tertiary/aromatic N) is 1. The zero-order valence-corrected chi connectivity index (χ0v) is 13.0. The van der Waals surface area contributed by atoms with Gasteiger partial charge in [0.1, 0.15) is 0 Å². The Labute approximate surface area is 130 Å². The maximum atomic E-state index is 12.1. The molecule has 0 radical (unpaired) electrons. The predicted octanol–water partition coefficient (Wildman–Crippen LogP) is 3.27. The summed E-state index contributed by atoms with van der Waals surface area (Å²) in [6, 6.07) is 5.86. The summed E-state index contributed by atoms with van der Waals surface area (Å²) < 4.78 is 0. The van der Waals surface area contributed by atoms with Gasteiger partial charge in [0.15, 0.2) is 0 Å². The molecule has 0 spiro atoms. The fourth-order valence-corrected chi connectivity index (χ4v) is 3.01. The van der Waals surface area contributed by atoms with E-state index >= 15 is 0 Å². The number of carbonyl (C=O) groups is 1. The summed E-state index contributed by atoms with van der Waals surface area (Å²) in [7, 11) is 0. The summed E-state index contributed by atoms with van der Waals surface area (Å²) in [5, 5.41) is 1.13. The fourth-order valence-electron chi connectivity index (χ4n) is 2.69. The van der Waals surface area contributed by atoms with Crippen LogP contribution in [0.1, 0.15) is 31.2 Å². The van der Waals surface area contributed by atoms with Crippen molar-refractivity contribution in [2.75, 3.05) is 13.1 Å². The molecule has 0 saturated carbocycles. The van der Waals surface area contributed by atoms with Crippen molar-refractivity contribution in [1.29, 1.82) is 0 Å². The molecule has 2 rings (SSSR count). The van der Waals surface area contributed by atoms with Gasteiger partial charge in [-0.25, -0.2) is 0 Å². The van der Waals surface area contributed by atoms with E-state index in [-0.39, 0.29) is 11.9 Å². The van der Waals surface area contributed by atoms with E-state index in [1.165, 1.54) is 0 Å². The Kier molecular flexibility index (Phi) is 5.70. The SMILES string of the molecule is NCC1CCCN1C(=O)CCCc1ccc(Cl)c(Cl)c1. The van der Waals surface area contributed by atoms with Crippen molar-refractivity contribution < 1.29 is 4.79 Å². The third kappa shape index (κ3) is 3.87. The Morgan fingerprint density at radius 1 is 1.35 bits per heavy atom. The van der Waals surface area contributed by atoms with Crippen molar-refractivity contribution in [3.05, 3.63) is 33.8 Å². The van der Waals surface area contributed by atoms with Gasteiger partial charge in [-0.3, -0.25) is 4.79 Å². The highest BCUT2D eigenvalue weighted by atomic mass is 35.5. The van der Waals surface area contributed by atoms with Gasteiger partial charge in [-0.15, -0.1) is 0 Å². The maximum absolute atomic E-state index is 12.1. The lowest BCUT2D eigenvalue weighted by Crippen LogP contribution is -2.39. The summed E-state index contributed by atoms with van der Waals surface area (Å²) in [6.45, 7) is 1.42. The Morgan fingerprint density at radius 2 is 2.15 bits per heavy atom. The van der Waals surface area contributed by atoms with Gasteiger partial charge in [0.2, 0.25) is 5.91 Å². The minimum absolute atomic E-state index is 0.220. The van der Waals surface area contributed by atoms with Gasteiger partial charge in [-0.1, -0.05) is 29.3 Å². The lowest BCUT2D eigenvalue weighted by molar-refractivity contribution is -0.131. The van der Waals surface area contributed by atoms with Crippen molar-refractivity contribution >= 4 is 29.1 Å². The minimum atomic E-state index is 0.220. The highest BCUT2D eigenvalue weighted by Crippen LogP contribution is 2.23. The molecule has 1 aliphatic rings. The second-order valence-electron chi connectivity index (χ2n) is 5.22. The summed E-state index contributed by atoms with van der Waals surface area (Å²) in [4.78, 5) is 14.1. The van der Waals surface area contributed by atoms with Crippen LogP contribution < -0.4 is 5.73 Å². The van der Waals surface area contributed by atoms with E-state index in [9.17, 15) is 4.79 Å². The second kappa shape index (κ2) is 7.30. The molecule has 20 heavy (non-hydrogen) atoms. The number of halogens is 2. The number of hydrogen-bond donors (Lipinski definition) is 1. The Balaban J connectivity index is 1.80.